The zero-order chi connectivity index (χ0) is 19.7. The number of anilines is 1. The zero-order valence-electron chi connectivity index (χ0n) is 15.9. The molecule has 5 nitrogen and oxygen atoms in total. The van der Waals surface area contributed by atoms with Crippen molar-refractivity contribution in [3.63, 3.8) is 0 Å². The predicted octanol–water partition coefficient (Wildman–Crippen LogP) is 4.97. The van der Waals surface area contributed by atoms with Gasteiger partial charge in [-0.3, -0.25) is 14.2 Å². The van der Waals surface area contributed by atoms with Crippen molar-refractivity contribution < 1.29 is 4.79 Å². The van der Waals surface area contributed by atoms with Crippen LogP contribution in [0.3, 0.4) is 0 Å². The molecule has 2 aromatic carbocycles. The summed E-state index contributed by atoms with van der Waals surface area (Å²) in [7, 11) is 0. The van der Waals surface area contributed by atoms with Gasteiger partial charge in [-0.15, -0.1) is 11.3 Å². The first-order valence-electron chi connectivity index (χ1n) is 9.37. The van der Waals surface area contributed by atoms with Gasteiger partial charge < -0.3 is 5.32 Å². The average molecular weight is 391 g/mol. The number of amides is 1. The van der Waals surface area contributed by atoms with Gasteiger partial charge in [-0.1, -0.05) is 49.7 Å². The van der Waals surface area contributed by atoms with E-state index in [2.05, 4.69) is 17.2 Å². The van der Waals surface area contributed by atoms with Gasteiger partial charge in [-0.05, 0) is 30.4 Å². The number of unbranched alkanes of at least 4 members (excludes halogenated alkanes) is 1. The summed E-state index contributed by atoms with van der Waals surface area (Å²) in [6, 6.07) is 13.7. The van der Waals surface area contributed by atoms with E-state index in [0.29, 0.717) is 27.2 Å². The third-order valence-electron chi connectivity index (χ3n) is 4.91. The lowest BCUT2D eigenvalue weighted by Crippen LogP contribution is -2.20. The van der Waals surface area contributed by atoms with E-state index in [9.17, 15) is 9.59 Å². The maximum Gasteiger partial charge on any atom is 0.266 e. The number of nitrogens with one attached hydrogen (secondary N) is 1. The van der Waals surface area contributed by atoms with Crippen molar-refractivity contribution in [1.29, 1.82) is 0 Å². The van der Waals surface area contributed by atoms with Gasteiger partial charge in [0.25, 0.3) is 11.5 Å². The van der Waals surface area contributed by atoms with E-state index in [-0.39, 0.29) is 11.5 Å². The topological polar surface area (TPSA) is 64.0 Å². The Morgan fingerprint density at radius 1 is 1.18 bits per heavy atom. The maximum absolute atomic E-state index is 13.0. The van der Waals surface area contributed by atoms with E-state index in [0.717, 1.165) is 29.3 Å². The van der Waals surface area contributed by atoms with E-state index >= 15 is 0 Å². The van der Waals surface area contributed by atoms with Crippen LogP contribution in [0.4, 0.5) is 5.69 Å². The molecule has 0 aliphatic heterocycles. The highest BCUT2D eigenvalue weighted by Crippen LogP contribution is 2.29. The molecule has 0 fully saturated rings. The molecule has 0 spiro atoms. The second-order valence-corrected chi connectivity index (χ2v) is 7.81. The quantitative estimate of drug-likeness (QED) is 0.522. The van der Waals surface area contributed by atoms with Gasteiger partial charge >= 0.3 is 0 Å². The molecule has 4 aromatic rings. The number of carbonyl (C=O) groups is 1. The number of benzene rings is 2. The van der Waals surface area contributed by atoms with E-state index in [1.807, 2.05) is 49.4 Å². The molecule has 0 unspecified atom stereocenters. The van der Waals surface area contributed by atoms with Crippen LogP contribution in [0.15, 0.2) is 53.6 Å². The Hall–Kier alpha value is -2.99. The summed E-state index contributed by atoms with van der Waals surface area (Å²) in [6.45, 7) is 4.55. The molecule has 0 atom stereocenters. The molecular weight excluding hydrogens is 370 g/mol. The third-order valence-corrected chi connectivity index (χ3v) is 6.11. The van der Waals surface area contributed by atoms with Crippen LogP contribution in [0, 0.1) is 6.92 Å². The summed E-state index contributed by atoms with van der Waals surface area (Å²) >= 11 is 1.27. The van der Waals surface area contributed by atoms with Gasteiger partial charge in [0.2, 0.25) is 0 Å². The van der Waals surface area contributed by atoms with Gasteiger partial charge in [0, 0.05) is 17.6 Å². The van der Waals surface area contributed by atoms with Crippen LogP contribution in [0.2, 0.25) is 0 Å². The lowest BCUT2D eigenvalue weighted by molar-refractivity contribution is 0.103. The zero-order valence-corrected chi connectivity index (χ0v) is 16.7. The van der Waals surface area contributed by atoms with E-state index in [1.54, 1.807) is 10.9 Å². The van der Waals surface area contributed by atoms with Gasteiger partial charge in [0.1, 0.15) is 4.83 Å². The van der Waals surface area contributed by atoms with Crippen LogP contribution in [-0.4, -0.2) is 15.5 Å². The van der Waals surface area contributed by atoms with Crippen molar-refractivity contribution >= 4 is 43.9 Å². The SMILES string of the molecule is CCCCn1cnc2sc(C(=O)Nc3cccc4ccccc34)c(C)c2c1=O. The molecule has 6 heteroatoms. The smallest absolute Gasteiger partial charge is 0.266 e. The largest absolute Gasteiger partial charge is 0.321 e. The van der Waals surface area contributed by atoms with Crippen molar-refractivity contribution in [3.8, 4) is 0 Å². The number of carbonyl (C=O) groups excluding carboxylic acids is 1. The Morgan fingerprint density at radius 3 is 2.79 bits per heavy atom. The van der Waals surface area contributed by atoms with Crippen molar-refractivity contribution in [3.05, 3.63) is 69.6 Å². The van der Waals surface area contributed by atoms with Crippen LogP contribution >= 0.6 is 11.3 Å². The highest BCUT2D eigenvalue weighted by atomic mass is 32.1. The van der Waals surface area contributed by atoms with Gasteiger partial charge in [0.15, 0.2) is 0 Å². The monoisotopic (exact) mass is 391 g/mol. The minimum absolute atomic E-state index is 0.0728. The first kappa shape index (κ1) is 18.4. The fourth-order valence-electron chi connectivity index (χ4n) is 3.38. The van der Waals surface area contributed by atoms with Crippen LogP contribution in [0.1, 0.15) is 35.0 Å². The lowest BCUT2D eigenvalue weighted by atomic mass is 10.1. The summed E-state index contributed by atoms with van der Waals surface area (Å²) in [4.78, 5) is 31.4. The predicted molar refractivity (Wildman–Crippen MR) is 115 cm³/mol. The van der Waals surface area contributed by atoms with Crippen LogP contribution < -0.4 is 10.9 Å². The van der Waals surface area contributed by atoms with Gasteiger partial charge in [-0.25, -0.2) is 4.98 Å². The Balaban J connectivity index is 1.72. The van der Waals surface area contributed by atoms with Crippen molar-refractivity contribution in [2.75, 3.05) is 5.32 Å². The summed E-state index contributed by atoms with van der Waals surface area (Å²) in [5.41, 5.74) is 1.38. The standard InChI is InChI=1S/C22H21N3O2S/c1-3-4-12-25-13-23-21-18(22(25)27)14(2)19(28-21)20(26)24-17-11-7-9-15-8-5-6-10-16(15)17/h5-11,13H,3-4,12H2,1-2H3,(H,24,26). The Bertz CT molecular complexity index is 1230. The first-order valence-corrected chi connectivity index (χ1v) is 10.2. The number of rotatable bonds is 5. The normalized spacial score (nSPS) is 11.2. The summed E-state index contributed by atoms with van der Waals surface area (Å²) < 4.78 is 1.64. The molecule has 0 radical (unpaired) electrons. The second kappa shape index (κ2) is 7.56. The fraction of sp³-hybridized carbons (Fsp3) is 0.227. The second-order valence-electron chi connectivity index (χ2n) is 6.81. The van der Waals surface area contributed by atoms with Crippen molar-refractivity contribution in [2.45, 2.75) is 33.2 Å². The molecule has 142 valence electrons. The highest BCUT2D eigenvalue weighted by Gasteiger charge is 2.20. The van der Waals surface area contributed by atoms with Crippen LogP contribution in [0.5, 0.6) is 0 Å². The Morgan fingerprint density at radius 2 is 1.96 bits per heavy atom. The average Bonchev–Trinajstić information content (AvgIpc) is 3.05. The fourth-order valence-corrected chi connectivity index (χ4v) is 4.41. The molecular formula is C22H21N3O2S. The van der Waals surface area contributed by atoms with Crippen molar-refractivity contribution in [1.82, 2.24) is 9.55 Å². The lowest BCUT2D eigenvalue weighted by Gasteiger charge is -2.08. The molecule has 0 saturated heterocycles. The Kier molecular flexibility index (Phi) is 4.96. The molecule has 28 heavy (non-hydrogen) atoms. The molecule has 2 aromatic heterocycles. The number of aromatic nitrogens is 2. The third kappa shape index (κ3) is 3.20. The van der Waals surface area contributed by atoms with E-state index in [4.69, 9.17) is 0 Å². The number of nitrogens with zero attached hydrogens (tertiary/aromatic N) is 2. The number of thiophene rings is 1. The minimum atomic E-state index is -0.212. The number of fused-ring (bicyclic) bond motifs is 2. The summed E-state index contributed by atoms with van der Waals surface area (Å²) in [5.74, 6) is -0.212. The van der Waals surface area contributed by atoms with E-state index < -0.39 is 0 Å². The molecule has 2 heterocycles. The molecule has 0 aliphatic carbocycles. The number of aryl methyl sites for hydroxylation is 2. The summed E-state index contributed by atoms with van der Waals surface area (Å²) in [6.07, 6.45) is 3.51. The molecule has 0 saturated carbocycles. The van der Waals surface area contributed by atoms with Gasteiger partial charge in [-0.2, -0.15) is 0 Å². The number of hydrogen-bond acceptors (Lipinski definition) is 4. The molecule has 1 amide bonds. The van der Waals surface area contributed by atoms with Gasteiger partial charge in [0.05, 0.1) is 16.6 Å². The minimum Gasteiger partial charge on any atom is -0.321 e. The highest BCUT2D eigenvalue weighted by molar-refractivity contribution is 7.20. The first-order chi connectivity index (χ1) is 13.6. The number of hydrogen-bond donors (Lipinski definition) is 1. The molecule has 0 aliphatic rings. The molecule has 0 bridgehead atoms. The van der Waals surface area contributed by atoms with Crippen LogP contribution in [0.25, 0.3) is 21.0 Å². The van der Waals surface area contributed by atoms with Crippen molar-refractivity contribution in [2.24, 2.45) is 0 Å². The Labute approximate surface area is 166 Å². The maximum atomic E-state index is 13.0. The molecule has 4 rings (SSSR count). The molecule has 1 N–H and O–H groups in total. The van der Waals surface area contributed by atoms with E-state index in [1.165, 1.54) is 11.3 Å². The van der Waals surface area contributed by atoms with Crippen LogP contribution in [-0.2, 0) is 6.54 Å². The summed E-state index contributed by atoms with van der Waals surface area (Å²) in [5, 5.41) is 5.60.